The SMILES string of the molecule is CCN1CCC(CCNC(=NC)NCCc2ccc(OC)cc2Cl)CC1. The van der Waals surface area contributed by atoms with E-state index in [1.165, 1.54) is 38.9 Å². The smallest absolute Gasteiger partial charge is 0.190 e. The first kappa shape index (κ1) is 20.8. The molecule has 1 aromatic carbocycles. The van der Waals surface area contributed by atoms with E-state index in [1.54, 1.807) is 7.11 Å². The highest BCUT2D eigenvalue weighted by Gasteiger charge is 2.17. The molecule has 1 aromatic rings. The van der Waals surface area contributed by atoms with Gasteiger partial charge in [-0.05, 0) is 68.9 Å². The summed E-state index contributed by atoms with van der Waals surface area (Å²) < 4.78 is 5.18. The third-order valence-electron chi connectivity index (χ3n) is 5.17. The number of likely N-dealkylation sites (tertiary alicyclic amines) is 1. The number of benzene rings is 1. The Hall–Kier alpha value is -1.46. The Morgan fingerprint density at radius 1 is 1.27 bits per heavy atom. The molecular weight excluding hydrogens is 348 g/mol. The number of hydrogen-bond acceptors (Lipinski definition) is 3. The molecule has 0 aliphatic carbocycles. The van der Waals surface area contributed by atoms with Crippen LogP contribution >= 0.6 is 11.6 Å². The lowest BCUT2D eigenvalue weighted by Gasteiger charge is -2.31. The fraction of sp³-hybridized carbons (Fsp3) is 0.650. The number of rotatable bonds is 8. The molecule has 1 fully saturated rings. The van der Waals surface area contributed by atoms with E-state index in [-0.39, 0.29) is 0 Å². The number of hydrogen-bond donors (Lipinski definition) is 2. The molecule has 0 saturated carbocycles. The van der Waals surface area contributed by atoms with Gasteiger partial charge in [-0.3, -0.25) is 4.99 Å². The maximum atomic E-state index is 6.29. The van der Waals surface area contributed by atoms with Gasteiger partial charge in [0.2, 0.25) is 0 Å². The summed E-state index contributed by atoms with van der Waals surface area (Å²) in [5, 5.41) is 7.54. The molecule has 1 saturated heterocycles. The van der Waals surface area contributed by atoms with E-state index in [2.05, 4.69) is 27.4 Å². The Balaban J connectivity index is 1.65. The van der Waals surface area contributed by atoms with Crippen LogP contribution in [-0.4, -0.2) is 57.7 Å². The minimum absolute atomic E-state index is 0.743. The van der Waals surface area contributed by atoms with Crippen molar-refractivity contribution in [2.24, 2.45) is 10.9 Å². The molecule has 6 heteroatoms. The average molecular weight is 381 g/mol. The molecule has 0 spiro atoms. The van der Waals surface area contributed by atoms with E-state index in [9.17, 15) is 0 Å². The van der Waals surface area contributed by atoms with Crippen LogP contribution < -0.4 is 15.4 Å². The zero-order valence-corrected chi connectivity index (χ0v) is 17.1. The Labute approximate surface area is 163 Å². The standard InChI is InChI=1S/C20H33ClN4O/c1-4-25-13-9-16(10-14-25)7-11-23-20(22-2)24-12-8-17-5-6-18(26-3)15-19(17)21/h5-6,15-16H,4,7-14H2,1-3H3,(H2,22,23,24). The van der Waals surface area contributed by atoms with Crippen LogP contribution in [0.4, 0.5) is 0 Å². The van der Waals surface area contributed by atoms with Crippen molar-refractivity contribution in [3.05, 3.63) is 28.8 Å². The van der Waals surface area contributed by atoms with Crippen molar-refractivity contribution >= 4 is 17.6 Å². The number of guanidine groups is 1. The van der Waals surface area contributed by atoms with Gasteiger partial charge in [-0.15, -0.1) is 0 Å². The summed E-state index contributed by atoms with van der Waals surface area (Å²) in [6, 6.07) is 5.81. The second kappa shape index (κ2) is 11.3. The van der Waals surface area contributed by atoms with E-state index in [4.69, 9.17) is 16.3 Å². The van der Waals surface area contributed by atoms with E-state index < -0.39 is 0 Å². The van der Waals surface area contributed by atoms with Crippen LogP contribution in [0.3, 0.4) is 0 Å². The Kier molecular flexibility index (Phi) is 9.06. The van der Waals surface area contributed by atoms with Gasteiger partial charge in [0.15, 0.2) is 5.96 Å². The lowest BCUT2D eigenvalue weighted by molar-refractivity contribution is 0.187. The number of nitrogens with zero attached hydrogens (tertiary/aromatic N) is 2. The molecule has 0 radical (unpaired) electrons. The molecule has 0 unspecified atom stereocenters. The van der Waals surface area contributed by atoms with Crippen molar-refractivity contribution in [2.75, 3.05) is 46.9 Å². The van der Waals surface area contributed by atoms with E-state index in [0.717, 1.165) is 47.7 Å². The third kappa shape index (κ3) is 6.69. The Morgan fingerprint density at radius 2 is 2.00 bits per heavy atom. The summed E-state index contributed by atoms with van der Waals surface area (Å²) in [5.41, 5.74) is 1.11. The summed E-state index contributed by atoms with van der Waals surface area (Å²) in [6.45, 7) is 7.68. The predicted octanol–water partition coefficient (Wildman–Crippen LogP) is 3.18. The summed E-state index contributed by atoms with van der Waals surface area (Å²) in [4.78, 5) is 6.85. The normalized spacial score (nSPS) is 16.5. The molecule has 0 amide bonds. The van der Waals surface area contributed by atoms with Gasteiger partial charge in [0, 0.05) is 25.2 Å². The summed E-state index contributed by atoms with van der Waals surface area (Å²) in [5.74, 6) is 2.48. The van der Waals surface area contributed by atoms with Gasteiger partial charge in [0.1, 0.15) is 5.75 Å². The first-order valence-electron chi connectivity index (χ1n) is 9.65. The third-order valence-corrected chi connectivity index (χ3v) is 5.52. The number of halogens is 1. The minimum Gasteiger partial charge on any atom is -0.497 e. The monoisotopic (exact) mass is 380 g/mol. The largest absolute Gasteiger partial charge is 0.497 e. The van der Waals surface area contributed by atoms with Gasteiger partial charge in [-0.25, -0.2) is 0 Å². The molecule has 146 valence electrons. The number of piperidine rings is 1. The van der Waals surface area contributed by atoms with Crippen molar-refractivity contribution in [1.29, 1.82) is 0 Å². The van der Waals surface area contributed by atoms with Crippen molar-refractivity contribution in [3.63, 3.8) is 0 Å². The molecule has 0 atom stereocenters. The van der Waals surface area contributed by atoms with Gasteiger partial charge in [0.25, 0.3) is 0 Å². The van der Waals surface area contributed by atoms with Crippen LogP contribution in [0.25, 0.3) is 0 Å². The van der Waals surface area contributed by atoms with Crippen LogP contribution in [0.1, 0.15) is 31.7 Å². The quantitative estimate of drug-likeness (QED) is 0.537. The van der Waals surface area contributed by atoms with Crippen molar-refractivity contribution in [1.82, 2.24) is 15.5 Å². The fourth-order valence-electron chi connectivity index (χ4n) is 3.38. The fourth-order valence-corrected chi connectivity index (χ4v) is 3.65. The number of aliphatic imine (C=N–C) groups is 1. The predicted molar refractivity (Wildman–Crippen MR) is 111 cm³/mol. The van der Waals surface area contributed by atoms with E-state index in [1.807, 2.05) is 25.2 Å². The molecule has 1 aliphatic heterocycles. The molecule has 0 aromatic heterocycles. The lowest BCUT2D eigenvalue weighted by Crippen LogP contribution is -2.40. The van der Waals surface area contributed by atoms with Crippen molar-refractivity contribution in [2.45, 2.75) is 32.6 Å². The van der Waals surface area contributed by atoms with Gasteiger partial charge in [0.05, 0.1) is 7.11 Å². The highest BCUT2D eigenvalue weighted by atomic mass is 35.5. The Morgan fingerprint density at radius 3 is 2.62 bits per heavy atom. The summed E-state index contributed by atoms with van der Waals surface area (Å²) >= 11 is 6.29. The van der Waals surface area contributed by atoms with Gasteiger partial charge in [-0.1, -0.05) is 24.6 Å². The number of methoxy groups -OCH3 is 1. The summed E-state index contributed by atoms with van der Waals surface area (Å²) in [6.07, 6.45) is 4.69. The maximum absolute atomic E-state index is 6.29. The molecule has 2 N–H and O–H groups in total. The topological polar surface area (TPSA) is 48.9 Å². The molecule has 26 heavy (non-hydrogen) atoms. The van der Waals surface area contributed by atoms with E-state index in [0.29, 0.717) is 0 Å². The first-order chi connectivity index (χ1) is 12.7. The highest BCUT2D eigenvalue weighted by molar-refractivity contribution is 6.31. The van der Waals surface area contributed by atoms with Crippen LogP contribution in [0.15, 0.2) is 23.2 Å². The van der Waals surface area contributed by atoms with Crippen LogP contribution in [-0.2, 0) is 6.42 Å². The average Bonchev–Trinajstić information content (AvgIpc) is 2.68. The van der Waals surface area contributed by atoms with E-state index >= 15 is 0 Å². The van der Waals surface area contributed by atoms with Crippen LogP contribution in [0, 0.1) is 5.92 Å². The van der Waals surface area contributed by atoms with Crippen LogP contribution in [0.5, 0.6) is 5.75 Å². The molecule has 1 heterocycles. The molecule has 2 rings (SSSR count). The Bertz CT molecular complexity index is 571. The highest BCUT2D eigenvalue weighted by Crippen LogP contribution is 2.22. The van der Waals surface area contributed by atoms with Gasteiger partial charge >= 0.3 is 0 Å². The molecular formula is C20H33ClN4O. The second-order valence-corrected chi connectivity index (χ2v) is 7.21. The van der Waals surface area contributed by atoms with Crippen molar-refractivity contribution < 1.29 is 4.74 Å². The molecule has 5 nitrogen and oxygen atoms in total. The molecule has 1 aliphatic rings. The van der Waals surface area contributed by atoms with Crippen LogP contribution in [0.2, 0.25) is 5.02 Å². The van der Waals surface area contributed by atoms with Gasteiger partial charge < -0.3 is 20.3 Å². The number of ether oxygens (including phenoxy) is 1. The zero-order valence-electron chi connectivity index (χ0n) is 16.4. The lowest BCUT2D eigenvalue weighted by atomic mass is 9.93. The minimum atomic E-state index is 0.743. The maximum Gasteiger partial charge on any atom is 0.190 e. The zero-order chi connectivity index (χ0) is 18.8. The van der Waals surface area contributed by atoms with Crippen molar-refractivity contribution in [3.8, 4) is 5.75 Å². The second-order valence-electron chi connectivity index (χ2n) is 6.80. The summed E-state index contributed by atoms with van der Waals surface area (Å²) in [7, 11) is 3.46. The number of nitrogens with one attached hydrogen (secondary N) is 2. The first-order valence-corrected chi connectivity index (χ1v) is 10.0. The molecule has 0 bridgehead atoms. The van der Waals surface area contributed by atoms with Gasteiger partial charge in [-0.2, -0.15) is 0 Å².